The van der Waals surface area contributed by atoms with Crippen LogP contribution >= 0.6 is 0 Å². The molecule has 0 aliphatic rings. The average Bonchev–Trinajstić information content (AvgIpc) is 2.68. The quantitative estimate of drug-likeness (QED) is 0.839. The molecule has 0 spiro atoms. The van der Waals surface area contributed by atoms with Gasteiger partial charge in [0.1, 0.15) is 0 Å². The van der Waals surface area contributed by atoms with Gasteiger partial charge in [-0.25, -0.2) is 0 Å². The zero-order chi connectivity index (χ0) is 13.1. The molecular weight excluding hydrogens is 226 g/mol. The lowest BCUT2D eigenvalue weighted by Gasteiger charge is -2.05. The maximum atomic E-state index is 11.5. The highest BCUT2D eigenvalue weighted by Gasteiger charge is 2.05. The van der Waals surface area contributed by atoms with Crippen molar-refractivity contribution in [3.05, 3.63) is 41.7 Å². The first kappa shape index (κ1) is 12.4. The standard InChI is InChI=1S/C14H17N3O/c1-4-14(18)11-5-7-12(8-6-11)15-13-9-17(3)16-10(13)2/h5-9,15H,4H2,1-3H3. The molecule has 1 N–H and O–H groups in total. The molecule has 18 heavy (non-hydrogen) atoms. The van der Waals surface area contributed by atoms with E-state index < -0.39 is 0 Å². The number of anilines is 2. The van der Waals surface area contributed by atoms with Gasteiger partial charge >= 0.3 is 0 Å². The second-order valence-electron chi connectivity index (χ2n) is 4.28. The van der Waals surface area contributed by atoms with Crippen LogP contribution in [0.4, 0.5) is 11.4 Å². The summed E-state index contributed by atoms with van der Waals surface area (Å²) in [5.74, 6) is 0.166. The minimum absolute atomic E-state index is 0.166. The van der Waals surface area contributed by atoms with E-state index >= 15 is 0 Å². The van der Waals surface area contributed by atoms with E-state index in [4.69, 9.17) is 0 Å². The number of nitrogens with zero attached hydrogens (tertiary/aromatic N) is 2. The van der Waals surface area contributed by atoms with Crippen LogP contribution in [-0.2, 0) is 7.05 Å². The van der Waals surface area contributed by atoms with Crippen LogP contribution in [0.3, 0.4) is 0 Å². The van der Waals surface area contributed by atoms with Crippen LogP contribution in [0.1, 0.15) is 29.4 Å². The molecule has 2 aromatic rings. The molecule has 0 aliphatic carbocycles. The van der Waals surface area contributed by atoms with Gasteiger partial charge in [-0.1, -0.05) is 6.92 Å². The smallest absolute Gasteiger partial charge is 0.162 e. The summed E-state index contributed by atoms with van der Waals surface area (Å²) in [6, 6.07) is 7.52. The molecule has 0 amide bonds. The number of Topliss-reactive ketones (excluding diaryl/α,β-unsaturated/α-hetero) is 1. The highest BCUT2D eigenvalue weighted by atomic mass is 16.1. The molecule has 0 fully saturated rings. The van der Waals surface area contributed by atoms with E-state index in [0.717, 1.165) is 22.6 Å². The SMILES string of the molecule is CCC(=O)c1ccc(Nc2cn(C)nc2C)cc1. The van der Waals surface area contributed by atoms with Crippen molar-refractivity contribution in [2.45, 2.75) is 20.3 Å². The van der Waals surface area contributed by atoms with E-state index in [-0.39, 0.29) is 5.78 Å². The van der Waals surface area contributed by atoms with Crippen molar-refractivity contribution in [1.82, 2.24) is 9.78 Å². The zero-order valence-electron chi connectivity index (χ0n) is 10.9. The minimum Gasteiger partial charge on any atom is -0.353 e. The van der Waals surface area contributed by atoms with Crippen molar-refractivity contribution in [1.29, 1.82) is 0 Å². The van der Waals surface area contributed by atoms with Gasteiger partial charge < -0.3 is 5.32 Å². The molecule has 0 bridgehead atoms. The molecule has 4 heteroatoms. The lowest BCUT2D eigenvalue weighted by atomic mass is 10.1. The summed E-state index contributed by atoms with van der Waals surface area (Å²) < 4.78 is 1.77. The lowest BCUT2D eigenvalue weighted by molar-refractivity contribution is 0.0988. The molecule has 0 saturated heterocycles. The lowest BCUT2D eigenvalue weighted by Crippen LogP contribution is -1.97. The van der Waals surface area contributed by atoms with Gasteiger partial charge in [0.05, 0.1) is 11.4 Å². The number of hydrogen-bond donors (Lipinski definition) is 1. The molecule has 2 rings (SSSR count). The second-order valence-corrected chi connectivity index (χ2v) is 4.28. The van der Waals surface area contributed by atoms with E-state index in [1.807, 2.05) is 51.4 Å². The Morgan fingerprint density at radius 2 is 2.00 bits per heavy atom. The summed E-state index contributed by atoms with van der Waals surface area (Å²) in [5, 5.41) is 7.55. The zero-order valence-corrected chi connectivity index (χ0v) is 10.9. The summed E-state index contributed by atoms with van der Waals surface area (Å²) in [5.41, 5.74) is 3.64. The number of hydrogen-bond acceptors (Lipinski definition) is 3. The number of aryl methyl sites for hydroxylation is 2. The fourth-order valence-corrected chi connectivity index (χ4v) is 1.82. The molecule has 1 aromatic carbocycles. The number of ketones is 1. The molecule has 94 valence electrons. The van der Waals surface area contributed by atoms with Gasteiger partial charge in [0, 0.05) is 30.9 Å². The van der Waals surface area contributed by atoms with Crippen LogP contribution in [0.5, 0.6) is 0 Å². The Bertz CT molecular complexity index is 555. The molecule has 0 atom stereocenters. The van der Waals surface area contributed by atoms with E-state index in [0.29, 0.717) is 6.42 Å². The van der Waals surface area contributed by atoms with Crippen molar-refractivity contribution in [2.24, 2.45) is 7.05 Å². The molecular formula is C14H17N3O. The highest BCUT2D eigenvalue weighted by Crippen LogP contribution is 2.19. The van der Waals surface area contributed by atoms with E-state index in [1.165, 1.54) is 0 Å². The Kier molecular flexibility index (Phi) is 3.46. The minimum atomic E-state index is 0.166. The third kappa shape index (κ3) is 2.59. The van der Waals surface area contributed by atoms with Crippen molar-refractivity contribution >= 4 is 17.2 Å². The van der Waals surface area contributed by atoms with E-state index in [2.05, 4.69) is 10.4 Å². The summed E-state index contributed by atoms with van der Waals surface area (Å²) in [4.78, 5) is 11.5. The van der Waals surface area contributed by atoms with Crippen LogP contribution in [0, 0.1) is 6.92 Å². The summed E-state index contributed by atoms with van der Waals surface area (Å²) in [7, 11) is 1.89. The van der Waals surface area contributed by atoms with Crippen molar-refractivity contribution in [3.63, 3.8) is 0 Å². The fraction of sp³-hybridized carbons (Fsp3) is 0.286. The largest absolute Gasteiger partial charge is 0.353 e. The van der Waals surface area contributed by atoms with E-state index in [1.54, 1.807) is 4.68 Å². The van der Waals surface area contributed by atoms with Crippen LogP contribution in [0.2, 0.25) is 0 Å². The summed E-state index contributed by atoms with van der Waals surface area (Å²) >= 11 is 0. The number of benzene rings is 1. The Morgan fingerprint density at radius 1 is 1.33 bits per heavy atom. The van der Waals surface area contributed by atoms with Crippen molar-refractivity contribution in [2.75, 3.05) is 5.32 Å². The summed E-state index contributed by atoms with van der Waals surface area (Å²) in [6.07, 6.45) is 2.47. The third-order valence-corrected chi connectivity index (χ3v) is 2.82. The number of rotatable bonds is 4. The summed E-state index contributed by atoms with van der Waals surface area (Å²) in [6.45, 7) is 3.82. The molecule has 0 radical (unpaired) electrons. The van der Waals surface area contributed by atoms with Crippen LogP contribution in [0.15, 0.2) is 30.5 Å². The highest BCUT2D eigenvalue weighted by molar-refractivity contribution is 5.96. The van der Waals surface area contributed by atoms with Crippen LogP contribution in [-0.4, -0.2) is 15.6 Å². The molecule has 0 unspecified atom stereocenters. The van der Waals surface area contributed by atoms with Crippen molar-refractivity contribution in [3.8, 4) is 0 Å². The first-order valence-electron chi connectivity index (χ1n) is 6.00. The first-order valence-corrected chi connectivity index (χ1v) is 6.00. The number of carbonyl (C=O) groups is 1. The maximum absolute atomic E-state index is 11.5. The maximum Gasteiger partial charge on any atom is 0.162 e. The Morgan fingerprint density at radius 3 is 2.50 bits per heavy atom. The number of nitrogens with one attached hydrogen (secondary N) is 1. The predicted molar refractivity (Wildman–Crippen MR) is 72.3 cm³/mol. The fourth-order valence-electron chi connectivity index (χ4n) is 1.82. The van der Waals surface area contributed by atoms with Gasteiger partial charge in [-0.05, 0) is 31.2 Å². The number of aromatic nitrogens is 2. The van der Waals surface area contributed by atoms with Gasteiger partial charge in [0.25, 0.3) is 0 Å². The third-order valence-electron chi connectivity index (χ3n) is 2.82. The van der Waals surface area contributed by atoms with Gasteiger partial charge in [-0.3, -0.25) is 9.48 Å². The van der Waals surface area contributed by atoms with Gasteiger partial charge in [0.2, 0.25) is 0 Å². The number of carbonyl (C=O) groups excluding carboxylic acids is 1. The topological polar surface area (TPSA) is 46.9 Å². The van der Waals surface area contributed by atoms with E-state index in [9.17, 15) is 4.79 Å². The first-order chi connectivity index (χ1) is 8.60. The molecule has 0 aliphatic heterocycles. The average molecular weight is 243 g/mol. The van der Waals surface area contributed by atoms with Gasteiger partial charge in [-0.15, -0.1) is 0 Å². The second kappa shape index (κ2) is 5.04. The molecule has 1 aromatic heterocycles. The Balaban J connectivity index is 2.16. The molecule has 0 saturated carbocycles. The van der Waals surface area contributed by atoms with Crippen LogP contribution < -0.4 is 5.32 Å². The van der Waals surface area contributed by atoms with Gasteiger partial charge in [-0.2, -0.15) is 5.10 Å². The normalized spacial score (nSPS) is 10.4. The predicted octanol–water partition coefficient (Wildman–Crippen LogP) is 3.06. The van der Waals surface area contributed by atoms with Gasteiger partial charge in [0.15, 0.2) is 5.78 Å². The monoisotopic (exact) mass is 243 g/mol. The Hall–Kier alpha value is -2.10. The van der Waals surface area contributed by atoms with Crippen LogP contribution in [0.25, 0.3) is 0 Å². The van der Waals surface area contributed by atoms with Crippen molar-refractivity contribution < 1.29 is 4.79 Å². The Labute approximate surface area is 107 Å². The molecule has 4 nitrogen and oxygen atoms in total. The molecule has 1 heterocycles.